The summed E-state index contributed by atoms with van der Waals surface area (Å²) in [7, 11) is 0. The van der Waals surface area contributed by atoms with E-state index >= 15 is 0 Å². The fraction of sp³-hybridized carbons (Fsp3) is 0.381. The van der Waals surface area contributed by atoms with Gasteiger partial charge in [-0.05, 0) is 38.0 Å². The average Bonchev–Trinajstić information content (AvgIpc) is 2.80. The summed E-state index contributed by atoms with van der Waals surface area (Å²) < 4.78 is 0. The minimum Gasteiger partial charge on any atom is -0.337 e. The van der Waals surface area contributed by atoms with Crippen molar-refractivity contribution in [3.63, 3.8) is 0 Å². The third-order valence-corrected chi connectivity index (χ3v) is 4.63. The van der Waals surface area contributed by atoms with Gasteiger partial charge in [0.25, 0.3) is 5.91 Å². The lowest BCUT2D eigenvalue weighted by Crippen LogP contribution is -2.35. The summed E-state index contributed by atoms with van der Waals surface area (Å²) in [6.07, 6.45) is 1.03. The van der Waals surface area contributed by atoms with Crippen molar-refractivity contribution in [2.45, 2.75) is 26.8 Å². The van der Waals surface area contributed by atoms with Crippen LogP contribution >= 0.6 is 0 Å². The minimum absolute atomic E-state index is 0.163. The first kappa shape index (κ1) is 16.7. The number of hydrogen-bond donors (Lipinski definition) is 0. The molecule has 0 radical (unpaired) electrons. The van der Waals surface area contributed by atoms with Crippen LogP contribution in [0.3, 0.4) is 0 Å². The number of aryl methyl sites for hydroxylation is 2. The number of carbonyl (C=O) groups is 1. The van der Waals surface area contributed by atoms with E-state index in [4.69, 9.17) is 0 Å². The van der Waals surface area contributed by atoms with Crippen LogP contribution in [0.2, 0.25) is 0 Å². The van der Waals surface area contributed by atoms with E-state index in [1.807, 2.05) is 36.1 Å². The number of nitrogens with zero attached hydrogens (tertiary/aromatic N) is 2. The molecule has 0 atom stereocenters. The first-order chi connectivity index (χ1) is 11.6. The van der Waals surface area contributed by atoms with Gasteiger partial charge < -0.3 is 4.90 Å². The summed E-state index contributed by atoms with van der Waals surface area (Å²) in [5, 5.41) is 0. The van der Waals surface area contributed by atoms with Gasteiger partial charge in [0.1, 0.15) is 0 Å². The molecule has 0 spiro atoms. The minimum atomic E-state index is 0.163. The molecular formula is C21H26N2O. The zero-order valence-corrected chi connectivity index (χ0v) is 14.7. The first-order valence-corrected chi connectivity index (χ1v) is 8.76. The standard InChI is InChI=1S/C21H26N2O/c1-17-6-3-8-19(14-17)16-22-10-5-11-23(13-12-22)21(24)20-9-4-7-18(2)15-20/h3-4,6-9,14-15H,5,10-13,16H2,1-2H3. The molecule has 1 amide bonds. The van der Waals surface area contributed by atoms with Crippen molar-refractivity contribution in [2.75, 3.05) is 26.2 Å². The van der Waals surface area contributed by atoms with Crippen molar-refractivity contribution in [2.24, 2.45) is 0 Å². The van der Waals surface area contributed by atoms with E-state index in [0.29, 0.717) is 0 Å². The van der Waals surface area contributed by atoms with Gasteiger partial charge in [0, 0.05) is 38.3 Å². The van der Waals surface area contributed by atoms with Crippen molar-refractivity contribution >= 4 is 5.91 Å². The largest absolute Gasteiger partial charge is 0.337 e. The van der Waals surface area contributed by atoms with Crippen molar-refractivity contribution in [3.05, 3.63) is 70.8 Å². The molecule has 0 aromatic heterocycles. The molecule has 0 saturated carbocycles. The summed E-state index contributed by atoms with van der Waals surface area (Å²) in [4.78, 5) is 17.2. The Labute approximate surface area is 144 Å². The fourth-order valence-corrected chi connectivity index (χ4v) is 3.36. The van der Waals surface area contributed by atoms with Crippen LogP contribution in [-0.4, -0.2) is 41.9 Å². The summed E-state index contributed by atoms with van der Waals surface area (Å²) >= 11 is 0. The molecular weight excluding hydrogens is 296 g/mol. The molecule has 1 fully saturated rings. The number of rotatable bonds is 3. The van der Waals surface area contributed by atoms with E-state index in [1.165, 1.54) is 11.1 Å². The quantitative estimate of drug-likeness (QED) is 0.861. The van der Waals surface area contributed by atoms with Crippen LogP contribution in [-0.2, 0) is 6.54 Å². The van der Waals surface area contributed by atoms with Gasteiger partial charge in [-0.3, -0.25) is 9.69 Å². The summed E-state index contributed by atoms with van der Waals surface area (Å²) in [5.74, 6) is 0.163. The lowest BCUT2D eigenvalue weighted by molar-refractivity contribution is 0.0761. The van der Waals surface area contributed by atoms with E-state index in [1.54, 1.807) is 0 Å². The summed E-state index contributed by atoms with van der Waals surface area (Å²) in [6.45, 7) is 8.76. The predicted octanol–water partition coefficient (Wildman–Crippen LogP) is 3.65. The van der Waals surface area contributed by atoms with Gasteiger partial charge in [-0.2, -0.15) is 0 Å². The van der Waals surface area contributed by atoms with Gasteiger partial charge in [0.2, 0.25) is 0 Å². The van der Waals surface area contributed by atoms with E-state index in [-0.39, 0.29) is 5.91 Å². The SMILES string of the molecule is Cc1cccc(CN2CCCN(C(=O)c3cccc(C)c3)CC2)c1. The second-order valence-electron chi connectivity index (χ2n) is 6.78. The zero-order valence-electron chi connectivity index (χ0n) is 14.7. The Morgan fingerprint density at radius 1 is 0.917 bits per heavy atom. The molecule has 0 unspecified atom stereocenters. The normalized spacial score (nSPS) is 16.0. The van der Waals surface area contributed by atoms with Crippen LogP contribution in [0.15, 0.2) is 48.5 Å². The highest BCUT2D eigenvalue weighted by atomic mass is 16.2. The Morgan fingerprint density at radius 2 is 1.67 bits per heavy atom. The van der Waals surface area contributed by atoms with Gasteiger partial charge in [0.05, 0.1) is 0 Å². The molecule has 24 heavy (non-hydrogen) atoms. The summed E-state index contributed by atoms with van der Waals surface area (Å²) in [5.41, 5.74) is 4.60. The number of amides is 1. The van der Waals surface area contributed by atoms with Crippen molar-refractivity contribution in [1.82, 2.24) is 9.80 Å². The molecule has 1 aliphatic rings. The maximum atomic E-state index is 12.7. The molecule has 3 nitrogen and oxygen atoms in total. The van der Waals surface area contributed by atoms with Gasteiger partial charge in [0.15, 0.2) is 0 Å². The lowest BCUT2D eigenvalue weighted by atomic mass is 10.1. The fourth-order valence-electron chi connectivity index (χ4n) is 3.36. The third-order valence-electron chi connectivity index (χ3n) is 4.63. The van der Waals surface area contributed by atoms with E-state index < -0.39 is 0 Å². The zero-order chi connectivity index (χ0) is 16.9. The predicted molar refractivity (Wildman–Crippen MR) is 98.2 cm³/mol. The highest BCUT2D eigenvalue weighted by Gasteiger charge is 2.20. The topological polar surface area (TPSA) is 23.6 Å². The van der Waals surface area contributed by atoms with Crippen molar-refractivity contribution in [3.8, 4) is 0 Å². The molecule has 1 heterocycles. The van der Waals surface area contributed by atoms with Crippen LogP contribution in [0.5, 0.6) is 0 Å². The number of benzene rings is 2. The highest BCUT2D eigenvalue weighted by Crippen LogP contribution is 2.13. The molecule has 0 bridgehead atoms. The summed E-state index contributed by atoms with van der Waals surface area (Å²) in [6, 6.07) is 16.6. The van der Waals surface area contributed by atoms with Crippen molar-refractivity contribution in [1.29, 1.82) is 0 Å². The van der Waals surface area contributed by atoms with Gasteiger partial charge in [-0.1, -0.05) is 47.5 Å². The molecule has 1 saturated heterocycles. The Kier molecular flexibility index (Phi) is 5.31. The van der Waals surface area contributed by atoms with Crippen LogP contribution in [0.4, 0.5) is 0 Å². The first-order valence-electron chi connectivity index (χ1n) is 8.76. The number of carbonyl (C=O) groups excluding carboxylic acids is 1. The molecule has 0 N–H and O–H groups in total. The van der Waals surface area contributed by atoms with Gasteiger partial charge >= 0.3 is 0 Å². The second kappa shape index (κ2) is 7.63. The second-order valence-corrected chi connectivity index (χ2v) is 6.78. The molecule has 1 aliphatic heterocycles. The molecule has 126 valence electrons. The van der Waals surface area contributed by atoms with Gasteiger partial charge in [-0.25, -0.2) is 0 Å². The third kappa shape index (κ3) is 4.24. The van der Waals surface area contributed by atoms with Crippen LogP contribution in [0.1, 0.15) is 33.5 Å². The Morgan fingerprint density at radius 3 is 2.42 bits per heavy atom. The lowest BCUT2D eigenvalue weighted by Gasteiger charge is -2.22. The molecule has 2 aromatic carbocycles. The average molecular weight is 322 g/mol. The highest BCUT2D eigenvalue weighted by molar-refractivity contribution is 5.94. The van der Waals surface area contributed by atoms with Crippen LogP contribution in [0, 0.1) is 13.8 Å². The molecule has 2 aromatic rings. The van der Waals surface area contributed by atoms with Crippen LogP contribution < -0.4 is 0 Å². The maximum Gasteiger partial charge on any atom is 0.253 e. The van der Waals surface area contributed by atoms with E-state index in [0.717, 1.165) is 50.3 Å². The molecule has 0 aliphatic carbocycles. The monoisotopic (exact) mass is 322 g/mol. The maximum absolute atomic E-state index is 12.7. The Balaban J connectivity index is 1.61. The molecule has 3 rings (SSSR count). The molecule has 3 heteroatoms. The van der Waals surface area contributed by atoms with Crippen LogP contribution in [0.25, 0.3) is 0 Å². The Bertz CT molecular complexity index is 710. The Hall–Kier alpha value is -2.13. The van der Waals surface area contributed by atoms with E-state index in [9.17, 15) is 4.79 Å². The van der Waals surface area contributed by atoms with Gasteiger partial charge in [-0.15, -0.1) is 0 Å². The number of hydrogen-bond acceptors (Lipinski definition) is 2. The van der Waals surface area contributed by atoms with E-state index in [2.05, 4.69) is 36.1 Å². The smallest absolute Gasteiger partial charge is 0.253 e. The van der Waals surface area contributed by atoms with Crippen molar-refractivity contribution < 1.29 is 4.79 Å².